The standard InChI is InChI=1S/C22H27ClN4O/c1-14(2)12-16-4-6-18(7-5-16)20-13-21(26-25-20)22(28)27-24-15(3)17-8-10-19(23)11-9-17/h4-11,14,20-21,25-26H,12-13H2,1-3H3,(H,27,28)/b24-15-. The molecular formula is C22H27ClN4O. The summed E-state index contributed by atoms with van der Waals surface area (Å²) in [5.74, 6) is 0.488. The van der Waals surface area contributed by atoms with Gasteiger partial charge in [0.15, 0.2) is 0 Å². The minimum atomic E-state index is -0.331. The van der Waals surface area contributed by atoms with Crippen LogP contribution in [0.25, 0.3) is 0 Å². The van der Waals surface area contributed by atoms with Crippen molar-refractivity contribution in [3.63, 3.8) is 0 Å². The summed E-state index contributed by atoms with van der Waals surface area (Å²) in [6.07, 6.45) is 1.75. The van der Waals surface area contributed by atoms with Gasteiger partial charge in [0.25, 0.3) is 5.91 Å². The van der Waals surface area contributed by atoms with Crippen LogP contribution in [0, 0.1) is 5.92 Å². The van der Waals surface area contributed by atoms with Crippen LogP contribution in [0.4, 0.5) is 0 Å². The van der Waals surface area contributed by atoms with Crippen molar-refractivity contribution >= 4 is 23.2 Å². The minimum absolute atomic E-state index is 0.102. The summed E-state index contributed by atoms with van der Waals surface area (Å²) in [4.78, 5) is 12.4. The van der Waals surface area contributed by atoms with Crippen LogP contribution in [0.3, 0.4) is 0 Å². The first-order valence-electron chi connectivity index (χ1n) is 9.62. The minimum Gasteiger partial charge on any atom is -0.271 e. The molecule has 1 fully saturated rings. The van der Waals surface area contributed by atoms with E-state index in [-0.39, 0.29) is 18.0 Å². The number of carbonyl (C=O) groups is 1. The zero-order valence-corrected chi connectivity index (χ0v) is 17.3. The highest BCUT2D eigenvalue weighted by molar-refractivity contribution is 6.30. The Morgan fingerprint density at radius 1 is 1.14 bits per heavy atom. The second-order valence-electron chi connectivity index (χ2n) is 7.65. The molecule has 1 amide bonds. The molecule has 148 valence electrons. The average molecular weight is 399 g/mol. The molecule has 2 aromatic carbocycles. The van der Waals surface area contributed by atoms with Crippen LogP contribution in [0.5, 0.6) is 0 Å². The maximum Gasteiger partial charge on any atom is 0.258 e. The van der Waals surface area contributed by atoms with Crippen molar-refractivity contribution < 1.29 is 4.79 Å². The fraction of sp³-hybridized carbons (Fsp3) is 0.364. The fourth-order valence-electron chi connectivity index (χ4n) is 3.28. The van der Waals surface area contributed by atoms with Crippen molar-refractivity contribution in [2.75, 3.05) is 0 Å². The van der Waals surface area contributed by atoms with E-state index in [1.165, 1.54) is 11.1 Å². The number of rotatable bonds is 6. The molecule has 5 nitrogen and oxygen atoms in total. The lowest BCUT2D eigenvalue weighted by Gasteiger charge is -2.11. The number of hydrazone groups is 1. The molecule has 0 aliphatic carbocycles. The van der Waals surface area contributed by atoms with E-state index in [1.807, 2.05) is 19.1 Å². The Morgan fingerprint density at radius 2 is 1.82 bits per heavy atom. The van der Waals surface area contributed by atoms with Gasteiger partial charge in [-0.3, -0.25) is 4.79 Å². The number of benzene rings is 2. The van der Waals surface area contributed by atoms with Crippen molar-refractivity contribution in [1.29, 1.82) is 0 Å². The van der Waals surface area contributed by atoms with Gasteiger partial charge in [0.2, 0.25) is 0 Å². The molecule has 0 aromatic heterocycles. The van der Waals surface area contributed by atoms with Crippen LogP contribution < -0.4 is 16.3 Å². The van der Waals surface area contributed by atoms with E-state index < -0.39 is 0 Å². The number of nitrogens with zero attached hydrogens (tertiary/aromatic N) is 1. The molecule has 0 bridgehead atoms. The Kier molecular flexibility index (Phi) is 6.83. The fourth-order valence-corrected chi connectivity index (χ4v) is 3.40. The Bertz CT molecular complexity index is 831. The molecule has 3 rings (SSSR count). The number of hydrazine groups is 1. The van der Waals surface area contributed by atoms with E-state index in [4.69, 9.17) is 11.6 Å². The van der Waals surface area contributed by atoms with Gasteiger partial charge in [-0.05, 0) is 54.5 Å². The number of nitrogens with one attached hydrogen (secondary N) is 3. The van der Waals surface area contributed by atoms with Gasteiger partial charge in [-0.1, -0.05) is 61.8 Å². The zero-order valence-electron chi connectivity index (χ0n) is 16.5. The predicted octanol–water partition coefficient (Wildman–Crippen LogP) is 3.99. The molecular weight excluding hydrogens is 372 g/mol. The van der Waals surface area contributed by atoms with Gasteiger partial charge in [0.1, 0.15) is 6.04 Å². The monoisotopic (exact) mass is 398 g/mol. The maximum atomic E-state index is 12.4. The highest BCUT2D eigenvalue weighted by Crippen LogP contribution is 2.23. The summed E-state index contributed by atoms with van der Waals surface area (Å²) in [5.41, 5.74) is 13.1. The first-order chi connectivity index (χ1) is 13.4. The first-order valence-corrected chi connectivity index (χ1v) is 10.00. The quantitative estimate of drug-likeness (QED) is 0.509. The van der Waals surface area contributed by atoms with Crippen LogP contribution in [0.1, 0.15) is 49.9 Å². The Labute approximate surface area is 171 Å². The molecule has 0 radical (unpaired) electrons. The lowest BCUT2D eigenvalue weighted by molar-refractivity contribution is -0.122. The van der Waals surface area contributed by atoms with E-state index in [0.29, 0.717) is 17.4 Å². The van der Waals surface area contributed by atoms with Crippen LogP contribution in [-0.2, 0) is 11.2 Å². The van der Waals surface area contributed by atoms with Crippen LogP contribution >= 0.6 is 11.6 Å². The summed E-state index contributed by atoms with van der Waals surface area (Å²) in [5, 5.41) is 4.88. The maximum absolute atomic E-state index is 12.4. The van der Waals surface area contributed by atoms with Gasteiger partial charge >= 0.3 is 0 Å². The van der Waals surface area contributed by atoms with Crippen molar-refractivity contribution in [1.82, 2.24) is 16.3 Å². The molecule has 2 unspecified atom stereocenters. The number of carbonyl (C=O) groups excluding carboxylic acids is 1. The van der Waals surface area contributed by atoms with Crippen LogP contribution in [0.15, 0.2) is 53.6 Å². The van der Waals surface area contributed by atoms with Crippen molar-refractivity contribution in [3.8, 4) is 0 Å². The molecule has 0 spiro atoms. The van der Waals surface area contributed by atoms with Crippen molar-refractivity contribution in [2.24, 2.45) is 11.0 Å². The summed E-state index contributed by atoms with van der Waals surface area (Å²) in [6, 6.07) is 15.7. The van der Waals surface area contributed by atoms with Gasteiger partial charge in [-0.25, -0.2) is 16.3 Å². The molecule has 0 saturated carbocycles. The SMILES string of the molecule is C/C(=N/NC(=O)C1CC(c2ccc(CC(C)C)cc2)NN1)c1ccc(Cl)cc1. The lowest BCUT2D eigenvalue weighted by atomic mass is 9.97. The van der Waals surface area contributed by atoms with Crippen molar-refractivity contribution in [2.45, 2.75) is 45.7 Å². The Balaban J connectivity index is 1.55. The van der Waals surface area contributed by atoms with Crippen LogP contribution in [0.2, 0.25) is 5.02 Å². The van der Waals surface area contributed by atoms with Gasteiger partial charge in [0.05, 0.1) is 5.71 Å². The normalized spacial score (nSPS) is 19.8. The van der Waals surface area contributed by atoms with E-state index in [9.17, 15) is 4.79 Å². The molecule has 2 atom stereocenters. The third kappa shape index (κ3) is 5.41. The van der Waals surface area contributed by atoms with E-state index in [0.717, 1.165) is 17.7 Å². The number of halogens is 1. The van der Waals surface area contributed by atoms with E-state index >= 15 is 0 Å². The smallest absolute Gasteiger partial charge is 0.258 e. The number of amides is 1. The molecule has 1 aliphatic heterocycles. The largest absolute Gasteiger partial charge is 0.271 e. The molecule has 1 heterocycles. The molecule has 28 heavy (non-hydrogen) atoms. The third-order valence-corrected chi connectivity index (χ3v) is 5.09. The third-order valence-electron chi connectivity index (χ3n) is 4.84. The summed E-state index contributed by atoms with van der Waals surface area (Å²) in [7, 11) is 0. The van der Waals surface area contributed by atoms with Gasteiger partial charge in [-0.15, -0.1) is 0 Å². The van der Waals surface area contributed by atoms with Gasteiger partial charge < -0.3 is 0 Å². The Morgan fingerprint density at radius 3 is 2.46 bits per heavy atom. The predicted molar refractivity (Wildman–Crippen MR) is 114 cm³/mol. The van der Waals surface area contributed by atoms with Gasteiger partial charge in [-0.2, -0.15) is 5.10 Å². The second kappa shape index (κ2) is 9.32. The Hall–Kier alpha value is -2.21. The first kappa shape index (κ1) is 20.5. The molecule has 1 saturated heterocycles. The summed E-state index contributed by atoms with van der Waals surface area (Å²) >= 11 is 5.90. The van der Waals surface area contributed by atoms with E-state index in [2.05, 4.69) is 59.5 Å². The van der Waals surface area contributed by atoms with Crippen LogP contribution in [-0.4, -0.2) is 17.7 Å². The summed E-state index contributed by atoms with van der Waals surface area (Å²) < 4.78 is 0. The van der Waals surface area contributed by atoms with Gasteiger partial charge in [0, 0.05) is 11.1 Å². The second-order valence-corrected chi connectivity index (χ2v) is 8.09. The molecule has 6 heteroatoms. The molecule has 3 N–H and O–H groups in total. The molecule has 2 aromatic rings. The van der Waals surface area contributed by atoms with Crippen molar-refractivity contribution in [3.05, 3.63) is 70.2 Å². The lowest BCUT2D eigenvalue weighted by Crippen LogP contribution is -2.41. The highest BCUT2D eigenvalue weighted by Gasteiger charge is 2.30. The number of hydrogen-bond donors (Lipinski definition) is 3. The zero-order chi connectivity index (χ0) is 20.1. The highest BCUT2D eigenvalue weighted by atomic mass is 35.5. The van der Waals surface area contributed by atoms with E-state index in [1.54, 1.807) is 12.1 Å². The summed E-state index contributed by atoms with van der Waals surface area (Å²) in [6.45, 7) is 6.29. The number of hydrogen-bond acceptors (Lipinski definition) is 4. The average Bonchev–Trinajstić information content (AvgIpc) is 3.17. The topological polar surface area (TPSA) is 65.5 Å². The molecule has 1 aliphatic rings.